The molecule has 3 heterocycles. The largest absolute Gasteiger partial charge is 0.444 e. The molecule has 28 heavy (non-hydrogen) atoms. The molecule has 0 N–H and O–H groups in total. The molecule has 1 aliphatic rings. The number of halogens is 1. The van der Waals surface area contributed by atoms with E-state index in [2.05, 4.69) is 4.98 Å². The number of fused-ring (bicyclic) bond motifs is 1. The van der Waals surface area contributed by atoms with Gasteiger partial charge < -0.3 is 14.5 Å². The Morgan fingerprint density at radius 1 is 1.18 bits per heavy atom. The molecule has 1 fully saturated rings. The van der Waals surface area contributed by atoms with E-state index in [-0.39, 0.29) is 12.0 Å². The molecule has 152 valence electrons. The molecule has 0 aromatic carbocycles. The number of aromatic nitrogens is 2. The fraction of sp³-hybridized carbons (Fsp3) is 0.550. The summed E-state index contributed by atoms with van der Waals surface area (Å²) in [6.07, 6.45) is 2.80. The van der Waals surface area contributed by atoms with E-state index in [1.54, 1.807) is 32.5 Å². The monoisotopic (exact) mass is 406 g/mol. The average Bonchev–Trinajstić information content (AvgIpc) is 2.79. The van der Waals surface area contributed by atoms with Crippen LogP contribution in [0, 0.1) is 0 Å². The second-order valence-electron chi connectivity index (χ2n) is 7.95. The van der Waals surface area contributed by atoms with E-state index in [1.165, 1.54) is 0 Å². The summed E-state index contributed by atoms with van der Waals surface area (Å²) in [7, 11) is 0. The Kier molecular flexibility index (Phi) is 5.84. The van der Waals surface area contributed by atoms with Crippen LogP contribution in [0.5, 0.6) is 0 Å². The van der Waals surface area contributed by atoms with E-state index in [4.69, 9.17) is 16.3 Å². The summed E-state index contributed by atoms with van der Waals surface area (Å²) in [5, 5.41) is 0.585. The molecule has 8 heteroatoms. The summed E-state index contributed by atoms with van der Waals surface area (Å²) < 4.78 is 7.26. The fourth-order valence-electron chi connectivity index (χ4n) is 3.32. The maximum atomic E-state index is 13.3. The maximum Gasteiger partial charge on any atom is 0.410 e. The Morgan fingerprint density at radius 3 is 2.54 bits per heavy atom. The van der Waals surface area contributed by atoms with Gasteiger partial charge in [-0.3, -0.25) is 9.20 Å². The SMILES string of the molecule is CCc1nc2cc(Cl)ccn2c1C(=O)N1CCCN(C(=O)OC(C)(C)C)CC1. The van der Waals surface area contributed by atoms with E-state index >= 15 is 0 Å². The lowest BCUT2D eigenvalue weighted by Crippen LogP contribution is -2.40. The molecule has 0 spiro atoms. The number of aryl methyl sites for hydroxylation is 1. The van der Waals surface area contributed by atoms with Gasteiger partial charge in [-0.2, -0.15) is 0 Å². The van der Waals surface area contributed by atoms with Crippen molar-refractivity contribution in [3.8, 4) is 0 Å². The van der Waals surface area contributed by atoms with Gasteiger partial charge in [-0.05, 0) is 39.7 Å². The van der Waals surface area contributed by atoms with Gasteiger partial charge in [-0.1, -0.05) is 18.5 Å². The highest BCUT2D eigenvalue weighted by atomic mass is 35.5. The van der Waals surface area contributed by atoms with Crippen molar-refractivity contribution in [1.29, 1.82) is 0 Å². The minimum atomic E-state index is -0.535. The maximum absolute atomic E-state index is 13.3. The standard InChI is InChI=1S/C20H27ClN4O3/c1-5-15-17(25-10-7-14(21)13-16(25)22-15)18(26)23-8-6-9-24(12-11-23)19(27)28-20(2,3)4/h7,10,13H,5-6,8-9,11-12H2,1-4H3. The molecule has 2 amide bonds. The minimum absolute atomic E-state index is 0.0716. The molecule has 1 aliphatic heterocycles. The van der Waals surface area contributed by atoms with Crippen LogP contribution in [0.15, 0.2) is 18.3 Å². The molecule has 0 aliphatic carbocycles. The van der Waals surface area contributed by atoms with Crippen LogP contribution in [0.3, 0.4) is 0 Å². The second-order valence-corrected chi connectivity index (χ2v) is 8.38. The Bertz CT molecular complexity index is 887. The number of rotatable bonds is 2. The van der Waals surface area contributed by atoms with Gasteiger partial charge in [-0.25, -0.2) is 9.78 Å². The third kappa shape index (κ3) is 4.41. The predicted molar refractivity (Wildman–Crippen MR) is 108 cm³/mol. The zero-order chi connectivity index (χ0) is 20.5. The third-order valence-electron chi connectivity index (χ3n) is 4.63. The molecule has 0 atom stereocenters. The lowest BCUT2D eigenvalue weighted by atomic mass is 10.2. The molecular formula is C20H27ClN4O3. The van der Waals surface area contributed by atoms with Crippen LogP contribution in [0.25, 0.3) is 5.65 Å². The zero-order valence-electron chi connectivity index (χ0n) is 16.9. The van der Waals surface area contributed by atoms with Crippen LogP contribution in [0.4, 0.5) is 4.79 Å². The summed E-state index contributed by atoms with van der Waals surface area (Å²) >= 11 is 6.07. The Labute approximate surface area is 170 Å². The molecule has 0 unspecified atom stereocenters. The van der Waals surface area contributed by atoms with Crippen molar-refractivity contribution >= 4 is 29.2 Å². The van der Waals surface area contributed by atoms with Crippen LogP contribution in [-0.2, 0) is 11.2 Å². The van der Waals surface area contributed by atoms with Crippen LogP contribution < -0.4 is 0 Å². The number of amides is 2. The molecule has 1 saturated heterocycles. The van der Waals surface area contributed by atoms with Crippen molar-refractivity contribution in [1.82, 2.24) is 19.2 Å². The summed E-state index contributed by atoms with van der Waals surface area (Å²) in [4.78, 5) is 33.7. The van der Waals surface area contributed by atoms with E-state index in [1.807, 2.05) is 27.7 Å². The second kappa shape index (κ2) is 7.99. The first kappa shape index (κ1) is 20.5. The quantitative estimate of drug-likeness (QED) is 0.763. The number of nitrogens with zero attached hydrogens (tertiary/aromatic N) is 4. The van der Waals surface area contributed by atoms with Gasteiger partial charge in [0.15, 0.2) is 0 Å². The molecular weight excluding hydrogens is 380 g/mol. The number of ether oxygens (including phenoxy) is 1. The summed E-state index contributed by atoms with van der Waals surface area (Å²) in [6.45, 7) is 9.59. The minimum Gasteiger partial charge on any atom is -0.444 e. The van der Waals surface area contributed by atoms with Gasteiger partial charge in [-0.15, -0.1) is 0 Å². The third-order valence-corrected chi connectivity index (χ3v) is 4.87. The van der Waals surface area contributed by atoms with Gasteiger partial charge in [0.25, 0.3) is 5.91 Å². The highest BCUT2D eigenvalue weighted by molar-refractivity contribution is 6.30. The first-order valence-electron chi connectivity index (χ1n) is 9.63. The van der Waals surface area contributed by atoms with Crippen LogP contribution >= 0.6 is 11.6 Å². The number of pyridine rings is 1. The van der Waals surface area contributed by atoms with Gasteiger partial charge in [0.2, 0.25) is 0 Å². The van der Waals surface area contributed by atoms with Crippen LogP contribution in [0.2, 0.25) is 5.02 Å². The highest BCUT2D eigenvalue weighted by Gasteiger charge is 2.28. The zero-order valence-corrected chi connectivity index (χ0v) is 17.6. The van der Waals surface area contributed by atoms with Gasteiger partial charge in [0.1, 0.15) is 16.9 Å². The number of hydrogen-bond donors (Lipinski definition) is 0. The highest BCUT2D eigenvalue weighted by Crippen LogP contribution is 2.20. The Morgan fingerprint density at radius 2 is 1.86 bits per heavy atom. The van der Waals surface area contributed by atoms with Crippen molar-refractivity contribution in [3.63, 3.8) is 0 Å². The number of hydrogen-bond acceptors (Lipinski definition) is 4. The van der Waals surface area contributed by atoms with Crippen molar-refractivity contribution in [2.24, 2.45) is 0 Å². The smallest absolute Gasteiger partial charge is 0.410 e. The van der Waals surface area contributed by atoms with Gasteiger partial charge >= 0.3 is 6.09 Å². The first-order valence-corrected chi connectivity index (χ1v) is 10.0. The van der Waals surface area contributed by atoms with Crippen molar-refractivity contribution in [2.75, 3.05) is 26.2 Å². The van der Waals surface area contributed by atoms with Crippen molar-refractivity contribution in [2.45, 2.75) is 46.1 Å². The van der Waals surface area contributed by atoms with Crippen LogP contribution in [-0.4, -0.2) is 63.0 Å². The van der Waals surface area contributed by atoms with Crippen LogP contribution in [0.1, 0.15) is 50.3 Å². The van der Waals surface area contributed by atoms with E-state index in [0.29, 0.717) is 55.4 Å². The molecule has 0 radical (unpaired) electrons. The molecule has 0 bridgehead atoms. The topological polar surface area (TPSA) is 67.2 Å². The molecule has 7 nitrogen and oxygen atoms in total. The molecule has 2 aromatic heterocycles. The fourth-order valence-corrected chi connectivity index (χ4v) is 3.47. The van der Waals surface area contributed by atoms with E-state index in [9.17, 15) is 9.59 Å². The Balaban J connectivity index is 1.79. The Hall–Kier alpha value is -2.28. The summed E-state index contributed by atoms with van der Waals surface area (Å²) in [5.41, 5.74) is 1.45. The summed E-state index contributed by atoms with van der Waals surface area (Å²) in [5.74, 6) is -0.0716. The van der Waals surface area contributed by atoms with Crippen molar-refractivity contribution in [3.05, 3.63) is 34.7 Å². The van der Waals surface area contributed by atoms with E-state index < -0.39 is 5.60 Å². The predicted octanol–water partition coefficient (Wildman–Crippen LogP) is 3.63. The lowest BCUT2D eigenvalue weighted by Gasteiger charge is -2.26. The number of imidazole rings is 1. The molecule has 3 rings (SSSR count). The summed E-state index contributed by atoms with van der Waals surface area (Å²) in [6, 6.07) is 3.50. The van der Waals surface area contributed by atoms with Gasteiger partial charge in [0.05, 0.1) is 5.69 Å². The normalized spacial score (nSPS) is 15.6. The lowest BCUT2D eigenvalue weighted by molar-refractivity contribution is 0.0255. The number of carbonyl (C=O) groups excluding carboxylic acids is 2. The average molecular weight is 407 g/mol. The number of carbonyl (C=O) groups is 2. The van der Waals surface area contributed by atoms with E-state index in [0.717, 1.165) is 5.69 Å². The molecule has 2 aromatic rings. The van der Waals surface area contributed by atoms with Crippen molar-refractivity contribution < 1.29 is 14.3 Å². The molecule has 0 saturated carbocycles. The van der Waals surface area contributed by atoms with Gasteiger partial charge in [0, 0.05) is 43.5 Å². The first-order chi connectivity index (χ1) is 13.2.